The average molecular weight is 348 g/mol. The van der Waals surface area contributed by atoms with E-state index >= 15 is 0 Å². The predicted octanol–water partition coefficient (Wildman–Crippen LogP) is 3.09. The van der Waals surface area contributed by atoms with Gasteiger partial charge >= 0.3 is 0 Å². The number of amides is 1. The summed E-state index contributed by atoms with van der Waals surface area (Å²) in [6.07, 6.45) is 0.604. The first-order valence-electron chi connectivity index (χ1n) is 6.82. The lowest BCUT2D eigenvalue weighted by molar-refractivity contribution is 0.0915. The normalized spacial score (nSPS) is 12.0. The molecule has 1 amide bonds. The average Bonchev–Trinajstić information content (AvgIpc) is 2.47. The van der Waals surface area contributed by atoms with Crippen LogP contribution in [0, 0.1) is 6.92 Å². The van der Waals surface area contributed by atoms with Gasteiger partial charge in [-0.2, -0.15) is 0 Å². The largest absolute Gasteiger partial charge is 0.394 e. The Morgan fingerprint density at radius 2 is 1.95 bits per heavy atom. The van der Waals surface area contributed by atoms with Gasteiger partial charge < -0.3 is 10.4 Å². The Labute approximate surface area is 133 Å². The van der Waals surface area contributed by atoms with Gasteiger partial charge in [0, 0.05) is 4.47 Å². The van der Waals surface area contributed by atoms with Crippen LogP contribution in [0.1, 0.15) is 21.5 Å². The molecule has 0 aliphatic carbocycles. The summed E-state index contributed by atoms with van der Waals surface area (Å²) in [5.74, 6) is -0.183. The molecule has 0 aliphatic heterocycles. The summed E-state index contributed by atoms with van der Waals surface area (Å²) < 4.78 is 0.761. The predicted molar refractivity (Wildman–Crippen MR) is 87.4 cm³/mol. The van der Waals surface area contributed by atoms with Gasteiger partial charge in [-0.25, -0.2) is 0 Å². The zero-order valence-corrected chi connectivity index (χ0v) is 13.4. The van der Waals surface area contributed by atoms with Crippen molar-refractivity contribution in [1.82, 2.24) is 5.32 Å². The second-order valence-corrected chi connectivity index (χ2v) is 5.88. The summed E-state index contributed by atoms with van der Waals surface area (Å²) in [6, 6.07) is 15.1. The molecule has 0 heterocycles. The standard InChI is InChI=1S/C17H18BrNO2/c1-12-7-8-15(16(18)9-12)17(21)19-14(11-20)10-13-5-3-2-4-6-13/h2-9,14,20H,10-11H2,1H3,(H,19,21). The van der Waals surface area contributed by atoms with Crippen molar-refractivity contribution in [3.8, 4) is 0 Å². The highest BCUT2D eigenvalue weighted by molar-refractivity contribution is 9.10. The van der Waals surface area contributed by atoms with Crippen LogP contribution in [0.3, 0.4) is 0 Å². The SMILES string of the molecule is Cc1ccc(C(=O)NC(CO)Cc2ccccc2)c(Br)c1. The van der Waals surface area contributed by atoms with Crippen LogP contribution < -0.4 is 5.32 Å². The van der Waals surface area contributed by atoms with E-state index in [-0.39, 0.29) is 18.6 Å². The van der Waals surface area contributed by atoms with Crippen molar-refractivity contribution in [3.05, 3.63) is 69.7 Å². The van der Waals surface area contributed by atoms with Crippen LogP contribution >= 0.6 is 15.9 Å². The van der Waals surface area contributed by atoms with Crippen LogP contribution in [-0.2, 0) is 6.42 Å². The molecule has 2 aromatic rings. The number of carbonyl (C=O) groups is 1. The van der Waals surface area contributed by atoms with E-state index in [2.05, 4.69) is 21.2 Å². The Balaban J connectivity index is 2.06. The lowest BCUT2D eigenvalue weighted by Gasteiger charge is -2.17. The van der Waals surface area contributed by atoms with E-state index in [9.17, 15) is 9.90 Å². The summed E-state index contributed by atoms with van der Waals surface area (Å²) in [4.78, 5) is 12.3. The minimum atomic E-state index is -0.298. The van der Waals surface area contributed by atoms with Crippen molar-refractivity contribution < 1.29 is 9.90 Å². The Hall–Kier alpha value is -1.65. The first-order chi connectivity index (χ1) is 10.1. The van der Waals surface area contributed by atoms with Crippen molar-refractivity contribution in [3.63, 3.8) is 0 Å². The van der Waals surface area contributed by atoms with Gasteiger partial charge in [-0.3, -0.25) is 4.79 Å². The number of aliphatic hydroxyl groups is 1. The summed E-state index contributed by atoms with van der Waals surface area (Å²) in [6.45, 7) is 1.88. The number of hydrogen-bond donors (Lipinski definition) is 2. The van der Waals surface area contributed by atoms with E-state index in [0.29, 0.717) is 12.0 Å². The van der Waals surface area contributed by atoms with Crippen LogP contribution in [-0.4, -0.2) is 23.7 Å². The number of hydrogen-bond acceptors (Lipinski definition) is 2. The molecular formula is C17H18BrNO2. The van der Waals surface area contributed by atoms with E-state index in [1.54, 1.807) is 6.07 Å². The maximum absolute atomic E-state index is 12.3. The van der Waals surface area contributed by atoms with Crippen molar-refractivity contribution in [1.29, 1.82) is 0 Å². The van der Waals surface area contributed by atoms with Gasteiger partial charge in [-0.15, -0.1) is 0 Å². The highest BCUT2D eigenvalue weighted by Gasteiger charge is 2.15. The van der Waals surface area contributed by atoms with Gasteiger partial charge in [-0.1, -0.05) is 36.4 Å². The van der Waals surface area contributed by atoms with Crippen LogP contribution in [0.25, 0.3) is 0 Å². The summed E-state index contributed by atoms with van der Waals surface area (Å²) >= 11 is 3.40. The molecule has 0 bridgehead atoms. The van der Waals surface area contributed by atoms with Crippen LogP contribution in [0.5, 0.6) is 0 Å². The number of halogens is 1. The molecule has 3 nitrogen and oxygen atoms in total. The topological polar surface area (TPSA) is 49.3 Å². The number of carbonyl (C=O) groups excluding carboxylic acids is 1. The minimum Gasteiger partial charge on any atom is -0.394 e. The van der Waals surface area contributed by atoms with Gasteiger partial charge in [0.2, 0.25) is 0 Å². The van der Waals surface area contributed by atoms with Crippen LogP contribution in [0.15, 0.2) is 53.0 Å². The smallest absolute Gasteiger partial charge is 0.252 e. The van der Waals surface area contributed by atoms with Gasteiger partial charge in [0.1, 0.15) is 0 Å². The minimum absolute atomic E-state index is 0.0931. The fourth-order valence-corrected chi connectivity index (χ4v) is 2.80. The molecule has 0 saturated heterocycles. The Kier molecular flexibility index (Phi) is 5.53. The highest BCUT2D eigenvalue weighted by atomic mass is 79.9. The molecular weight excluding hydrogens is 330 g/mol. The maximum Gasteiger partial charge on any atom is 0.252 e. The number of aliphatic hydroxyl groups excluding tert-OH is 1. The summed E-state index contributed by atoms with van der Waals surface area (Å²) in [5.41, 5.74) is 2.74. The second-order valence-electron chi connectivity index (χ2n) is 5.03. The zero-order chi connectivity index (χ0) is 15.2. The van der Waals surface area contributed by atoms with Gasteiger partial charge in [0.05, 0.1) is 18.2 Å². The second kappa shape index (κ2) is 7.38. The molecule has 110 valence electrons. The molecule has 0 aliphatic rings. The number of benzene rings is 2. The molecule has 2 N–H and O–H groups in total. The first kappa shape index (κ1) is 15.7. The molecule has 4 heteroatoms. The van der Waals surface area contributed by atoms with Crippen molar-refractivity contribution >= 4 is 21.8 Å². The van der Waals surface area contributed by atoms with E-state index in [1.165, 1.54) is 0 Å². The van der Waals surface area contributed by atoms with Crippen LogP contribution in [0.2, 0.25) is 0 Å². The molecule has 0 fully saturated rings. The molecule has 0 saturated carbocycles. The summed E-state index contributed by atoms with van der Waals surface area (Å²) in [7, 11) is 0. The van der Waals surface area contributed by atoms with E-state index in [0.717, 1.165) is 15.6 Å². The lowest BCUT2D eigenvalue weighted by Crippen LogP contribution is -2.39. The number of nitrogens with one attached hydrogen (secondary N) is 1. The van der Waals surface area contributed by atoms with Crippen molar-refractivity contribution in [2.45, 2.75) is 19.4 Å². The maximum atomic E-state index is 12.3. The quantitative estimate of drug-likeness (QED) is 0.872. The lowest BCUT2D eigenvalue weighted by atomic mass is 10.1. The molecule has 2 rings (SSSR count). The van der Waals surface area contributed by atoms with E-state index in [1.807, 2.05) is 49.4 Å². The van der Waals surface area contributed by atoms with Crippen LogP contribution in [0.4, 0.5) is 0 Å². The van der Waals surface area contributed by atoms with Gasteiger partial charge in [-0.05, 0) is 52.5 Å². The summed E-state index contributed by atoms with van der Waals surface area (Å²) in [5, 5.41) is 12.3. The Morgan fingerprint density at radius 3 is 2.57 bits per heavy atom. The Bertz CT molecular complexity index is 613. The first-order valence-corrected chi connectivity index (χ1v) is 7.61. The highest BCUT2D eigenvalue weighted by Crippen LogP contribution is 2.18. The van der Waals surface area contributed by atoms with Crippen molar-refractivity contribution in [2.24, 2.45) is 0 Å². The van der Waals surface area contributed by atoms with Gasteiger partial charge in [0.25, 0.3) is 5.91 Å². The monoisotopic (exact) mass is 347 g/mol. The Morgan fingerprint density at radius 1 is 1.24 bits per heavy atom. The van der Waals surface area contributed by atoms with Gasteiger partial charge in [0.15, 0.2) is 0 Å². The fraction of sp³-hybridized carbons (Fsp3) is 0.235. The number of aryl methyl sites for hydroxylation is 1. The third kappa shape index (κ3) is 4.41. The molecule has 0 radical (unpaired) electrons. The third-order valence-corrected chi connectivity index (χ3v) is 3.91. The molecule has 0 aromatic heterocycles. The third-order valence-electron chi connectivity index (χ3n) is 3.25. The van der Waals surface area contributed by atoms with Crippen molar-refractivity contribution in [2.75, 3.05) is 6.61 Å². The van der Waals surface area contributed by atoms with E-state index in [4.69, 9.17) is 0 Å². The molecule has 1 atom stereocenters. The fourth-order valence-electron chi connectivity index (χ4n) is 2.13. The zero-order valence-electron chi connectivity index (χ0n) is 11.8. The van der Waals surface area contributed by atoms with E-state index < -0.39 is 0 Å². The molecule has 1 unspecified atom stereocenters. The molecule has 2 aromatic carbocycles. The molecule has 21 heavy (non-hydrogen) atoms. The molecule has 0 spiro atoms. The number of rotatable bonds is 5.